The van der Waals surface area contributed by atoms with Crippen LogP contribution in [0.2, 0.25) is 0 Å². The zero-order valence-corrected chi connectivity index (χ0v) is 9.47. The van der Waals surface area contributed by atoms with Gasteiger partial charge in [0, 0.05) is 12.1 Å². The Morgan fingerprint density at radius 2 is 2.06 bits per heavy atom. The van der Waals surface area contributed by atoms with Crippen LogP contribution >= 0.6 is 0 Å². The van der Waals surface area contributed by atoms with E-state index in [0.717, 1.165) is 5.56 Å². The smallest absolute Gasteiger partial charge is 0.254 e. The minimum Gasteiger partial charge on any atom is -0.369 e. The van der Waals surface area contributed by atoms with Gasteiger partial charge in [0.25, 0.3) is 5.56 Å². The third-order valence-electron chi connectivity index (χ3n) is 2.42. The zero-order chi connectivity index (χ0) is 12.3. The number of H-pyrrole nitrogens is 1. The van der Waals surface area contributed by atoms with E-state index in [4.69, 9.17) is 5.73 Å². The highest BCUT2D eigenvalue weighted by atomic mass is 16.1. The molecule has 1 aromatic carbocycles. The van der Waals surface area contributed by atoms with Crippen molar-refractivity contribution in [2.24, 2.45) is 0 Å². The second-order valence-corrected chi connectivity index (χ2v) is 3.79. The number of benzene rings is 1. The molecule has 0 aliphatic carbocycles. The lowest BCUT2D eigenvalue weighted by atomic mass is 10.1. The maximum Gasteiger partial charge on any atom is 0.254 e. The lowest BCUT2D eigenvalue weighted by Gasteiger charge is -2.14. The van der Waals surface area contributed by atoms with E-state index < -0.39 is 0 Å². The monoisotopic (exact) mass is 230 g/mol. The number of nitrogens with zero attached hydrogens (tertiary/aromatic N) is 1. The fraction of sp³-hybridized carbons (Fsp3) is 0.167. The summed E-state index contributed by atoms with van der Waals surface area (Å²) in [6.45, 7) is 1.99. The second kappa shape index (κ2) is 4.69. The van der Waals surface area contributed by atoms with Gasteiger partial charge in [-0.05, 0) is 12.5 Å². The molecule has 0 bridgehead atoms. The second-order valence-electron chi connectivity index (χ2n) is 3.79. The largest absolute Gasteiger partial charge is 0.369 e. The third kappa shape index (κ3) is 2.84. The number of anilines is 2. The Kier molecular flexibility index (Phi) is 3.09. The van der Waals surface area contributed by atoms with Crippen LogP contribution in [0.25, 0.3) is 0 Å². The van der Waals surface area contributed by atoms with Crippen molar-refractivity contribution in [2.75, 3.05) is 11.1 Å². The van der Waals surface area contributed by atoms with E-state index in [1.807, 2.05) is 37.3 Å². The Morgan fingerprint density at radius 3 is 2.71 bits per heavy atom. The molecule has 0 aliphatic heterocycles. The highest BCUT2D eigenvalue weighted by molar-refractivity contribution is 5.40. The highest BCUT2D eigenvalue weighted by Gasteiger charge is 2.06. The molecule has 17 heavy (non-hydrogen) atoms. The average Bonchev–Trinajstić information content (AvgIpc) is 2.28. The van der Waals surface area contributed by atoms with Gasteiger partial charge in [-0.3, -0.25) is 9.78 Å². The summed E-state index contributed by atoms with van der Waals surface area (Å²) in [5.41, 5.74) is 6.32. The molecule has 0 aliphatic rings. The summed E-state index contributed by atoms with van der Waals surface area (Å²) in [5, 5.41) is 3.13. The lowest BCUT2D eigenvalue weighted by molar-refractivity contribution is 0.871. The fourth-order valence-electron chi connectivity index (χ4n) is 1.60. The Labute approximate surface area is 98.7 Å². The molecular weight excluding hydrogens is 216 g/mol. The predicted octanol–water partition coefficient (Wildman–Crippen LogP) is 1.53. The maximum atomic E-state index is 11.2. The maximum absolute atomic E-state index is 11.2. The van der Waals surface area contributed by atoms with E-state index in [1.165, 1.54) is 6.07 Å². The molecule has 88 valence electrons. The lowest BCUT2D eigenvalue weighted by Crippen LogP contribution is -2.15. The fourth-order valence-corrected chi connectivity index (χ4v) is 1.60. The Hall–Kier alpha value is -2.30. The number of nitrogens with one attached hydrogen (secondary N) is 2. The van der Waals surface area contributed by atoms with Crippen LogP contribution in [0.5, 0.6) is 0 Å². The van der Waals surface area contributed by atoms with Gasteiger partial charge in [-0.25, -0.2) is 0 Å². The van der Waals surface area contributed by atoms with Crippen molar-refractivity contribution >= 4 is 11.8 Å². The standard InChI is InChI=1S/C12H14N4O/c1-8(9-5-3-2-4-6-9)14-10-7-11(17)16-12(13)15-10/h2-8H,1H3,(H4,13,14,15,16,17)/t8-/m1/s1. The zero-order valence-electron chi connectivity index (χ0n) is 9.47. The Morgan fingerprint density at radius 1 is 1.35 bits per heavy atom. The normalized spacial score (nSPS) is 12.1. The van der Waals surface area contributed by atoms with Crippen molar-refractivity contribution in [1.29, 1.82) is 0 Å². The van der Waals surface area contributed by atoms with Gasteiger partial charge in [0.05, 0.1) is 0 Å². The van der Waals surface area contributed by atoms with Crippen LogP contribution in [0.4, 0.5) is 11.8 Å². The van der Waals surface area contributed by atoms with Crippen LogP contribution in [0.3, 0.4) is 0 Å². The molecule has 5 nitrogen and oxygen atoms in total. The van der Waals surface area contributed by atoms with Crippen molar-refractivity contribution in [3.63, 3.8) is 0 Å². The van der Waals surface area contributed by atoms with E-state index in [0.29, 0.717) is 5.82 Å². The minimum absolute atomic E-state index is 0.0601. The molecule has 0 fully saturated rings. The van der Waals surface area contributed by atoms with Gasteiger partial charge in [-0.15, -0.1) is 0 Å². The van der Waals surface area contributed by atoms with Crippen molar-refractivity contribution in [1.82, 2.24) is 9.97 Å². The van der Waals surface area contributed by atoms with Gasteiger partial charge in [0.1, 0.15) is 5.82 Å². The van der Waals surface area contributed by atoms with Crippen LogP contribution in [-0.4, -0.2) is 9.97 Å². The molecular formula is C12H14N4O. The first-order valence-electron chi connectivity index (χ1n) is 5.33. The molecule has 1 aromatic heterocycles. The molecule has 2 aromatic rings. The summed E-state index contributed by atoms with van der Waals surface area (Å²) in [5.74, 6) is 0.586. The van der Waals surface area contributed by atoms with Crippen molar-refractivity contribution in [2.45, 2.75) is 13.0 Å². The number of rotatable bonds is 3. The third-order valence-corrected chi connectivity index (χ3v) is 2.42. The van der Waals surface area contributed by atoms with Gasteiger partial charge in [0.2, 0.25) is 5.95 Å². The van der Waals surface area contributed by atoms with Gasteiger partial charge in [-0.1, -0.05) is 30.3 Å². The van der Waals surface area contributed by atoms with Crippen molar-refractivity contribution < 1.29 is 0 Å². The Balaban J connectivity index is 2.18. The molecule has 5 heteroatoms. The summed E-state index contributed by atoms with van der Waals surface area (Å²) >= 11 is 0. The molecule has 2 rings (SSSR count). The molecule has 0 saturated carbocycles. The van der Waals surface area contributed by atoms with E-state index in [-0.39, 0.29) is 17.5 Å². The molecule has 0 amide bonds. The van der Waals surface area contributed by atoms with Gasteiger partial charge < -0.3 is 11.1 Å². The van der Waals surface area contributed by atoms with Crippen LogP contribution in [0.15, 0.2) is 41.2 Å². The number of hydrogen-bond donors (Lipinski definition) is 3. The first-order chi connectivity index (χ1) is 8.15. The summed E-state index contributed by atoms with van der Waals surface area (Å²) in [6, 6.07) is 11.3. The Bertz CT molecular complexity index is 550. The molecule has 0 saturated heterocycles. The highest BCUT2D eigenvalue weighted by Crippen LogP contribution is 2.16. The number of nitrogen functional groups attached to an aromatic ring is 1. The summed E-state index contributed by atoms with van der Waals surface area (Å²) < 4.78 is 0. The first kappa shape index (κ1) is 11.2. The summed E-state index contributed by atoms with van der Waals surface area (Å²) in [6.07, 6.45) is 0. The topological polar surface area (TPSA) is 83.8 Å². The SMILES string of the molecule is C[C@@H](Nc1cc(=O)[nH]c(N)n1)c1ccccc1. The molecule has 0 unspecified atom stereocenters. The van der Waals surface area contributed by atoms with Gasteiger partial charge in [-0.2, -0.15) is 4.98 Å². The molecule has 1 atom stereocenters. The van der Waals surface area contributed by atoms with E-state index in [9.17, 15) is 4.79 Å². The van der Waals surface area contributed by atoms with Crippen molar-refractivity contribution in [3.05, 3.63) is 52.3 Å². The predicted molar refractivity (Wildman–Crippen MR) is 67.7 cm³/mol. The van der Waals surface area contributed by atoms with E-state index >= 15 is 0 Å². The first-order valence-corrected chi connectivity index (χ1v) is 5.33. The van der Waals surface area contributed by atoms with Crippen molar-refractivity contribution in [3.8, 4) is 0 Å². The number of nitrogens with two attached hydrogens (primary N) is 1. The van der Waals surface area contributed by atoms with Gasteiger partial charge in [0.15, 0.2) is 0 Å². The number of aromatic nitrogens is 2. The molecule has 0 radical (unpaired) electrons. The van der Waals surface area contributed by atoms with Crippen LogP contribution < -0.4 is 16.6 Å². The number of aromatic amines is 1. The average molecular weight is 230 g/mol. The van der Waals surface area contributed by atoms with Crippen LogP contribution in [0.1, 0.15) is 18.5 Å². The molecule has 0 spiro atoms. The summed E-state index contributed by atoms with van der Waals surface area (Å²) in [4.78, 5) is 17.6. The van der Waals surface area contributed by atoms with Crippen LogP contribution in [0, 0.1) is 0 Å². The van der Waals surface area contributed by atoms with Gasteiger partial charge >= 0.3 is 0 Å². The molecule has 1 heterocycles. The quantitative estimate of drug-likeness (QED) is 0.746. The number of hydrogen-bond acceptors (Lipinski definition) is 4. The van der Waals surface area contributed by atoms with Crippen LogP contribution in [-0.2, 0) is 0 Å². The van der Waals surface area contributed by atoms with E-state index in [2.05, 4.69) is 15.3 Å². The minimum atomic E-state index is -0.264. The molecule has 4 N–H and O–H groups in total. The summed E-state index contributed by atoms with van der Waals surface area (Å²) in [7, 11) is 0. The van der Waals surface area contributed by atoms with E-state index in [1.54, 1.807) is 0 Å².